The van der Waals surface area contributed by atoms with Gasteiger partial charge in [-0.1, -0.05) is 25.1 Å². The molecule has 0 bridgehead atoms. The van der Waals surface area contributed by atoms with E-state index in [0.29, 0.717) is 12.8 Å². The fourth-order valence-electron chi connectivity index (χ4n) is 2.76. The van der Waals surface area contributed by atoms with Crippen molar-refractivity contribution >= 4 is 33.0 Å². The molecule has 2 aliphatic rings. The molecular formula is C11H18N2O3S2. The zero-order chi connectivity index (χ0) is 13.4. The topological polar surface area (TPSA) is 80.5 Å². The van der Waals surface area contributed by atoms with Crippen molar-refractivity contribution in [3.8, 4) is 0 Å². The van der Waals surface area contributed by atoms with Crippen molar-refractivity contribution in [3.05, 3.63) is 0 Å². The summed E-state index contributed by atoms with van der Waals surface area (Å²) in [6.45, 7) is 0.539. The van der Waals surface area contributed by atoms with E-state index in [9.17, 15) is 13.2 Å². The van der Waals surface area contributed by atoms with Gasteiger partial charge in [0, 0.05) is 13.1 Å². The highest BCUT2D eigenvalue weighted by Crippen LogP contribution is 2.40. The minimum absolute atomic E-state index is 0.0478. The Labute approximate surface area is 113 Å². The quantitative estimate of drug-likeness (QED) is 0.729. The second-order valence-electron chi connectivity index (χ2n) is 5.10. The van der Waals surface area contributed by atoms with Crippen LogP contribution in [0.3, 0.4) is 0 Å². The van der Waals surface area contributed by atoms with Crippen molar-refractivity contribution in [2.75, 3.05) is 24.6 Å². The third kappa shape index (κ3) is 2.38. The first-order chi connectivity index (χ1) is 8.37. The molecule has 0 aromatic heterocycles. The molecule has 18 heavy (non-hydrogen) atoms. The molecule has 1 aliphatic carbocycles. The van der Waals surface area contributed by atoms with Crippen molar-refractivity contribution in [2.24, 2.45) is 11.1 Å². The lowest BCUT2D eigenvalue weighted by Crippen LogP contribution is -2.53. The molecule has 1 saturated carbocycles. The Balaban J connectivity index is 2.14. The van der Waals surface area contributed by atoms with E-state index in [2.05, 4.69) is 0 Å². The largest absolute Gasteiger partial charge is 0.392 e. The predicted octanol–water partition coefficient (Wildman–Crippen LogP) is 0.0899. The Hall–Kier alpha value is -0.690. The van der Waals surface area contributed by atoms with E-state index in [1.165, 1.54) is 0 Å². The molecule has 0 radical (unpaired) electrons. The van der Waals surface area contributed by atoms with Gasteiger partial charge in [0.1, 0.15) is 0 Å². The average molecular weight is 290 g/mol. The highest BCUT2D eigenvalue weighted by Gasteiger charge is 2.46. The third-order valence-corrected chi connectivity index (χ3v) is 5.97. The van der Waals surface area contributed by atoms with Crippen molar-refractivity contribution in [3.63, 3.8) is 0 Å². The van der Waals surface area contributed by atoms with Gasteiger partial charge in [0.05, 0.1) is 21.9 Å². The molecule has 0 spiro atoms. The van der Waals surface area contributed by atoms with Crippen LogP contribution in [0.15, 0.2) is 0 Å². The van der Waals surface area contributed by atoms with Crippen LogP contribution in [-0.2, 0) is 14.6 Å². The van der Waals surface area contributed by atoms with Gasteiger partial charge >= 0.3 is 0 Å². The van der Waals surface area contributed by atoms with Crippen LogP contribution in [0.5, 0.6) is 0 Å². The van der Waals surface area contributed by atoms with E-state index < -0.39 is 15.3 Å². The fourth-order valence-corrected chi connectivity index (χ4v) is 4.26. The highest BCUT2D eigenvalue weighted by molar-refractivity contribution is 7.91. The minimum atomic E-state index is -2.97. The second kappa shape index (κ2) is 4.77. The van der Waals surface area contributed by atoms with Crippen LogP contribution in [0.1, 0.15) is 25.7 Å². The molecule has 0 aromatic rings. The maximum absolute atomic E-state index is 12.5. The number of hydrogen-bond acceptors (Lipinski definition) is 4. The molecule has 2 fully saturated rings. The van der Waals surface area contributed by atoms with Crippen molar-refractivity contribution in [2.45, 2.75) is 25.7 Å². The minimum Gasteiger partial charge on any atom is -0.392 e. The van der Waals surface area contributed by atoms with Crippen molar-refractivity contribution in [1.82, 2.24) is 4.90 Å². The monoisotopic (exact) mass is 290 g/mol. The smallest absolute Gasteiger partial charge is 0.235 e. The Morgan fingerprint density at radius 2 is 1.67 bits per heavy atom. The van der Waals surface area contributed by atoms with Gasteiger partial charge in [-0.3, -0.25) is 4.79 Å². The Morgan fingerprint density at radius 3 is 2.11 bits per heavy atom. The number of amides is 1. The molecule has 7 heteroatoms. The molecule has 0 unspecified atom stereocenters. The summed E-state index contributed by atoms with van der Waals surface area (Å²) in [5, 5.41) is 0. The average Bonchev–Trinajstić information content (AvgIpc) is 2.78. The SMILES string of the molecule is NC(=S)C1(C(=O)N2CCS(=O)(=O)CC2)CCCC1. The normalized spacial score (nSPS) is 25.9. The van der Waals surface area contributed by atoms with E-state index in [0.717, 1.165) is 12.8 Å². The number of nitrogens with zero attached hydrogens (tertiary/aromatic N) is 1. The zero-order valence-electron chi connectivity index (χ0n) is 10.2. The summed E-state index contributed by atoms with van der Waals surface area (Å²) in [6.07, 6.45) is 3.30. The molecule has 2 rings (SSSR count). The van der Waals surface area contributed by atoms with Gasteiger partial charge in [0.25, 0.3) is 0 Å². The number of hydrogen-bond donors (Lipinski definition) is 1. The summed E-state index contributed by atoms with van der Waals surface area (Å²) in [5.41, 5.74) is 5.05. The van der Waals surface area contributed by atoms with Crippen LogP contribution in [0.25, 0.3) is 0 Å². The Bertz CT molecular complexity index is 453. The number of nitrogens with two attached hydrogens (primary N) is 1. The van der Waals surface area contributed by atoms with Gasteiger partial charge in [-0.25, -0.2) is 8.42 Å². The lowest BCUT2D eigenvalue weighted by molar-refractivity contribution is -0.137. The highest BCUT2D eigenvalue weighted by atomic mass is 32.2. The summed E-state index contributed by atoms with van der Waals surface area (Å²) >= 11 is 5.07. The number of thiocarbonyl (C=S) groups is 1. The van der Waals surface area contributed by atoms with Crippen LogP contribution in [0.2, 0.25) is 0 Å². The molecule has 0 aromatic carbocycles. The number of sulfone groups is 1. The molecule has 1 heterocycles. The molecule has 1 saturated heterocycles. The van der Waals surface area contributed by atoms with Crippen molar-refractivity contribution < 1.29 is 13.2 Å². The standard InChI is InChI=1S/C11H18N2O3S2/c12-9(17)11(3-1-2-4-11)10(14)13-5-7-18(15,16)8-6-13/h1-8H2,(H2,12,17). The summed E-state index contributed by atoms with van der Waals surface area (Å²) in [4.78, 5) is 14.4. The summed E-state index contributed by atoms with van der Waals surface area (Å²) in [5.74, 6) is 0.0283. The van der Waals surface area contributed by atoms with E-state index in [4.69, 9.17) is 18.0 Å². The third-order valence-electron chi connectivity index (χ3n) is 3.97. The molecule has 1 amide bonds. The second-order valence-corrected chi connectivity index (χ2v) is 7.84. The first-order valence-corrected chi connectivity index (χ1v) is 8.40. The van der Waals surface area contributed by atoms with Crippen LogP contribution >= 0.6 is 12.2 Å². The molecular weight excluding hydrogens is 272 g/mol. The fraction of sp³-hybridized carbons (Fsp3) is 0.818. The van der Waals surface area contributed by atoms with Crippen LogP contribution in [-0.4, -0.2) is 48.8 Å². The summed E-state index contributed by atoms with van der Waals surface area (Å²) in [6, 6.07) is 0. The van der Waals surface area contributed by atoms with Crippen molar-refractivity contribution in [1.29, 1.82) is 0 Å². The number of carbonyl (C=O) groups excluding carboxylic acids is 1. The van der Waals surface area contributed by atoms with E-state index in [1.807, 2.05) is 0 Å². The zero-order valence-corrected chi connectivity index (χ0v) is 11.9. The predicted molar refractivity (Wildman–Crippen MR) is 72.9 cm³/mol. The van der Waals surface area contributed by atoms with E-state index >= 15 is 0 Å². The Morgan fingerprint density at radius 1 is 1.17 bits per heavy atom. The first-order valence-electron chi connectivity index (χ1n) is 6.17. The molecule has 0 atom stereocenters. The van der Waals surface area contributed by atoms with Gasteiger partial charge in [-0.05, 0) is 12.8 Å². The van der Waals surface area contributed by atoms with E-state index in [-0.39, 0.29) is 35.5 Å². The maximum Gasteiger partial charge on any atom is 0.235 e. The lowest BCUT2D eigenvalue weighted by Gasteiger charge is -2.35. The number of carbonyl (C=O) groups is 1. The first kappa shape index (κ1) is 13.7. The summed E-state index contributed by atoms with van der Waals surface area (Å²) < 4.78 is 22.7. The molecule has 5 nitrogen and oxygen atoms in total. The van der Waals surface area contributed by atoms with Gasteiger partial charge in [0.2, 0.25) is 5.91 Å². The van der Waals surface area contributed by atoms with Gasteiger partial charge in [-0.2, -0.15) is 0 Å². The van der Waals surface area contributed by atoms with Crippen LogP contribution < -0.4 is 5.73 Å². The molecule has 102 valence electrons. The Kier molecular flexibility index (Phi) is 3.64. The molecule has 2 N–H and O–H groups in total. The van der Waals surface area contributed by atoms with Crippen LogP contribution in [0, 0.1) is 5.41 Å². The summed E-state index contributed by atoms with van der Waals surface area (Å²) in [7, 11) is -2.97. The van der Waals surface area contributed by atoms with Gasteiger partial charge in [0.15, 0.2) is 9.84 Å². The lowest BCUT2D eigenvalue weighted by atomic mass is 9.84. The van der Waals surface area contributed by atoms with Crippen LogP contribution in [0.4, 0.5) is 0 Å². The molecule has 1 aliphatic heterocycles. The van der Waals surface area contributed by atoms with Gasteiger partial charge < -0.3 is 10.6 Å². The van der Waals surface area contributed by atoms with E-state index in [1.54, 1.807) is 4.90 Å². The number of rotatable bonds is 2. The maximum atomic E-state index is 12.5. The van der Waals surface area contributed by atoms with Gasteiger partial charge in [-0.15, -0.1) is 0 Å².